The van der Waals surface area contributed by atoms with Crippen LogP contribution in [0.15, 0.2) is 12.4 Å². The van der Waals surface area contributed by atoms with Gasteiger partial charge in [0.1, 0.15) is 11.4 Å². The van der Waals surface area contributed by atoms with Crippen LogP contribution >= 0.6 is 0 Å². The fraction of sp³-hybridized carbons (Fsp3) is 0.762. The lowest BCUT2D eigenvalue weighted by Gasteiger charge is -2.41. The summed E-state index contributed by atoms with van der Waals surface area (Å²) >= 11 is 0. The molecule has 2 rings (SSSR count). The molecule has 4 nitrogen and oxygen atoms in total. The predicted octanol–water partition coefficient (Wildman–Crippen LogP) is 0.939. The second-order valence-electron chi connectivity index (χ2n) is 10.3. The van der Waals surface area contributed by atoms with Crippen LogP contribution in [0.1, 0.15) is 92.7 Å². The molecule has 0 bridgehead atoms. The quantitative estimate of drug-likeness (QED) is 0.515. The number of hydrogen-bond acceptors (Lipinski definition) is 2. The summed E-state index contributed by atoms with van der Waals surface area (Å²) < 4.78 is 5.09. The Bertz CT molecular complexity index is 637. The highest BCUT2D eigenvalue weighted by Gasteiger charge is 2.52. The number of halogens is 1. The molecule has 0 saturated heterocycles. The summed E-state index contributed by atoms with van der Waals surface area (Å²) in [7, 11) is 0. The Hall–Kier alpha value is -0.905. The van der Waals surface area contributed by atoms with Gasteiger partial charge in [-0.2, -0.15) is 0 Å². The normalized spacial score (nSPS) is 15.4. The van der Waals surface area contributed by atoms with Crippen molar-refractivity contribution in [3.8, 4) is 0 Å². The number of aromatic nitrogens is 2. The smallest absolute Gasteiger partial charge is 0.511 e. The topological polar surface area (TPSA) is 15.3 Å². The van der Waals surface area contributed by atoms with Gasteiger partial charge >= 0.3 is 6.98 Å². The average molecular weight is 439 g/mol. The molecular formula is C21H40BBrN4. The molecule has 0 aliphatic carbocycles. The first-order chi connectivity index (χ1) is 11.7. The van der Waals surface area contributed by atoms with Crippen LogP contribution in [0, 0.1) is 13.8 Å². The fourth-order valence-electron chi connectivity index (χ4n) is 4.23. The molecule has 1 aliphatic heterocycles. The van der Waals surface area contributed by atoms with E-state index in [4.69, 9.17) is 0 Å². The summed E-state index contributed by atoms with van der Waals surface area (Å²) in [4.78, 5) is 5.04. The van der Waals surface area contributed by atoms with Crippen LogP contribution < -0.4 is 27.3 Å². The van der Waals surface area contributed by atoms with E-state index < -0.39 is 0 Å². The number of rotatable bonds is 3. The maximum atomic E-state index is 2.55. The van der Waals surface area contributed by atoms with E-state index in [2.05, 4.69) is 114 Å². The molecule has 0 amide bonds. The SMILES string of the molecule is Cc1c(C)[n+](C(C)C)c(B2N(C(C)(C)C)C=CN2C(C)(C)C)n1C(C)C.[Br-]. The maximum absolute atomic E-state index is 2.55. The standard InChI is InChI=1S/C21H40BN4.BrH/c1-15(2)25-17(5)18(6)26(16(3)4)19(25)22-23(20(7,8)9)13-14-24(22)21(10,11)12;/h13-16H,1-12H3;1H/q+1;/p-1. The first-order valence-corrected chi connectivity index (χ1v) is 10.1. The summed E-state index contributed by atoms with van der Waals surface area (Å²) in [5.41, 5.74) is 4.23. The Labute approximate surface area is 178 Å². The lowest BCUT2D eigenvalue weighted by molar-refractivity contribution is -0.705. The molecule has 0 saturated carbocycles. The van der Waals surface area contributed by atoms with Crippen LogP contribution in [0.4, 0.5) is 0 Å². The van der Waals surface area contributed by atoms with E-state index in [0.717, 1.165) is 0 Å². The third-order valence-corrected chi connectivity index (χ3v) is 5.47. The molecule has 1 aromatic heterocycles. The van der Waals surface area contributed by atoms with Crippen molar-refractivity contribution < 1.29 is 21.5 Å². The number of imidazole rings is 1. The largest absolute Gasteiger partial charge is 1.00 e. The highest BCUT2D eigenvalue weighted by Crippen LogP contribution is 2.29. The van der Waals surface area contributed by atoms with Gasteiger partial charge in [0.2, 0.25) is 0 Å². The average Bonchev–Trinajstić information content (AvgIpc) is 2.98. The Morgan fingerprint density at radius 2 is 1.26 bits per heavy atom. The molecule has 154 valence electrons. The minimum Gasteiger partial charge on any atom is -1.00 e. The van der Waals surface area contributed by atoms with E-state index in [1.807, 2.05) is 0 Å². The first-order valence-electron chi connectivity index (χ1n) is 10.1. The zero-order chi connectivity index (χ0) is 20.2. The summed E-state index contributed by atoms with van der Waals surface area (Å²) in [6.07, 6.45) is 4.56. The van der Waals surface area contributed by atoms with E-state index >= 15 is 0 Å². The molecule has 0 spiro atoms. The molecule has 27 heavy (non-hydrogen) atoms. The summed E-state index contributed by atoms with van der Waals surface area (Å²) in [5, 5.41) is 0. The number of hydrogen-bond donors (Lipinski definition) is 0. The second kappa shape index (κ2) is 7.84. The van der Waals surface area contributed by atoms with Gasteiger partial charge in [-0.15, -0.1) is 0 Å². The molecule has 0 atom stereocenters. The van der Waals surface area contributed by atoms with Crippen molar-refractivity contribution in [1.29, 1.82) is 0 Å². The van der Waals surface area contributed by atoms with Gasteiger partial charge < -0.3 is 26.6 Å². The van der Waals surface area contributed by atoms with Gasteiger partial charge in [-0.1, -0.05) is 0 Å². The Kier molecular flexibility index (Phi) is 7.01. The monoisotopic (exact) mass is 438 g/mol. The van der Waals surface area contributed by atoms with E-state index in [0.29, 0.717) is 12.1 Å². The van der Waals surface area contributed by atoms with Crippen molar-refractivity contribution in [1.82, 2.24) is 14.2 Å². The van der Waals surface area contributed by atoms with Crippen molar-refractivity contribution in [3.63, 3.8) is 0 Å². The Morgan fingerprint density at radius 1 is 0.852 bits per heavy atom. The van der Waals surface area contributed by atoms with Crippen molar-refractivity contribution in [3.05, 3.63) is 23.8 Å². The van der Waals surface area contributed by atoms with E-state index in [1.54, 1.807) is 0 Å². The molecule has 1 aliphatic rings. The highest BCUT2D eigenvalue weighted by molar-refractivity contribution is 6.67. The summed E-state index contributed by atoms with van der Waals surface area (Å²) in [6.45, 7) is 27.7. The molecule has 2 heterocycles. The molecule has 0 N–H and O–H groups in total. The van der Waals surface area contributed by atoms with Crippen LogP contribution in [0.25, 0.3) is 0 Å². The second-order valence-corrected chi connectivity index (χ2v) is 10.3. The van der Waals surface area contributed by atoms with Crippen molar-refractivity contribution in [2.24, 2.45) is 0 Å². The molecular weight excluding hydrogens is 399 g/mol. The molecule has 1 aromatic rings. The van der Waals surface area contributed by atoms with Gasteiger partial charge in [0.15, 0.2) is 0 Å². The number of nitrogens with zero attached hydrogens (tertiary/aromatic N) is 4. The van der Waals surface area contributed by atoms with E-state index in [9.17, 15) is 0 Å². The Balaban J connectivity index is 0.00000364. The molecule has 0 fully saturated rings. The molecule has 0 radical (unpaired) electrons. The van der Waals surface area contributed by atoms with Gasteiger partial charge in [-0.05, 0) is 69.2 Å². The van der Waals surface area contributed by atoms with Gasteiger partial charge in [0, 0.05) is 37.3 Å². The fourth-order valence-corrected chi connectivity index (χ4v) is 4.23. The lowest BCUT2D eigenvalue weighted by Crippen LogP contribution is -3.00. The van der Waals surface area contributed by atoms with Crippen molar-refractivity contribution in [2.75, 3.05) is 0 Å². The van der Waals surface area contributed by atoms with Gasteiger partial charge in [0.05, 0.1) is 12.1 Å². The zero-order valence-electron chi connectivity index (χ0n) is 19.6. The molecule has 0 unspecified atom stereocenters. The molecule has 6 heteroatoms. The van der Waals surface area contributed by atoms with Crippen molar-refractivity contribution in [2.45, 2.75) is 106 Å². The van der Waals surface area contributed by atoms with Gasteiger partial charge in [-0.25, -0.2) is 9.13 Å². The summed E-state index contributed by atoms with van der Waals surface area (Å²) in [6, 6.07) is 0.848. The van der Waals surface area contributed by atoms with Gasteiger partial charge in [0.25, 0.3) is 5.72 Å². The van der Waals surface area contributed by atoms with Crippen LogP contribution in [0.2, 0.25) is 0 Å². The maximum Gasteiger partial charge on any atom is 0.511 e. The third kappa shape index (κ3) is 4.25. The zero-order valence-corrected chi connectivity index (χ0v) is 21.1. The van der Waals surface area contributed by atoms with Crippen LogP contribution in [0.3, 0.4) is 0 Å². The first kappa shape index (κ1) is 24.1. The minimum absolute atomic E-state index is 0. The minimum atomic E-state index is 0. The highest BCUT2D eigenvalue weighted by atomic mass is 79.9. The van der Waals surface area contributed by atoms with Crippen molar-refractivity contribution >= 4 is 12.7 Å². The van der Waals surface area contributed by atoms with Crippen LogP contribution in [-0.4, -0.2) is 32.2 Å². The van der Waals surface area contributed by atoms with Gasteiger partial charge in [-0.3, -0.25) is 0 Å². The summed E-state index contributed by atoms with van der Waals surface area (Å²) in [5.74, 6) is 0. The predicted molar refractivity (Wildman–Crippen MR) is 113 cm³/mol. The molecule has 0 aromatic carbocycles. The van der Waals surface area contributed by atoms with E-state index in [1.165, 1.54) is 17.1 Å². The van der Waals surface area contributed by atoms with Crippen LogP contribution in [-0.2, 0) is 0 Å². The third-order valence-electron chi connectivity index (χ3n) is 5.47. The Morgan fingerprint density at radius 3 is 1.56 bits per heavy atom. The van der Waals surface area contributed by atoms with Crippen LogP contribution in [0.5, 0.6) is 0 Å². The van der Waals surface area contributed by atoms with E-state index in [-0.39, 0.29) is 35.0 Å². The lowest BCUT2D eigenvalue weighted by atomic mass is 9.66.